The van der Waals surface area contributed by atoms with Crippen molar-refractivity contribution in [1.82, 2.24) is 0 Å². The van der Waals surface area contributed by atoms with E-state index in [0.29, 0.717) is 5.92 Å². The van der Waals surface area contributed by atoms with E-state index in [9.17, 15) is 5.11 Å². The summed E-state index contributed by atoms with van der Waals surface area (Å²) in [7, 11) is 3.35. The lowest BCUT2D eigenvalue weighted by molar-refractivity contribution is -0.134. The summed E-state index contributed by atoms with van der Waals surface area (Å²) in [6.45, 7) is 4.26. The van der Waals surface area contributed by atoms with Crippen molar-refractivity contribution >= 4 is 0 Å². The lowest BCUT2D eigenvalue weighted by Crippen LogP contribution is -2.42. The summed E-state index contributed by atoms with van der Waals surface area (Å²) >= 11 is 0. The van der Waals surface area contributed by atoms with Crippen molar-refractivity contribution in [3.63, 3.8) is 0 Å². The Hall–Kier alpha value is -1.06. The van der Waals surface area contributed by atoms with Crippen LogP contribution in [0.5, 0.6) is 5.75 Å². The summed E-state index contributed by atoms with van der Waals surface area (Å²) in [5, 5.41) is 10.9. The molecular weight excluding hydrogens is 252 g/mol. The Bertz CT molecular complexity index is 458. The van der Waals surface area contributed by atoms with Gasteiger partial charge in [0.05, 0.1) is 12.7 Å². The van der Waals surface area contributed by atoms with Gasteiger partial charge in [0.15, 0.2) is 0 Å². The van der Waals surface area contributed by atoms with E-state index in [0.717, 1.165) is 36.1 Å². The SMILES string of the molecule is COc1ccc(C)cc1C(O)C1(OC)CCCC(C)C1. The largest absolute Gasteiger partial charge is 0.496 e. The van der Waals surface area contributed by atoms with Crippen LogP contribution in [0, 0.1) is 12.8 Å². The maximum Gasteiger partial charge on any atom is 0.124 e. The predicted molar refractivity (Wildman–Crippen MR) is 80.1 cm³/mol. The fraction of sp³-hybridized carbons (Fsp3) is 0.647. The molecule has 0 amide bonds. The number of ether oxygens (including phenoxy) is 2. The minimum atomic E-state index is -0.648. The molecule has 3 heteroatoms. The minimum Gasteiger partial charge on any atom is -0.496 e. The highest BCUT2D eigenvalue weighted by Crippen LogP contribution is 2.45. The molecule has 0 aromatic heterocycles. The molecule has 0 aliphatic heterocycles. The van der Waals surface area contributed by atoms with E-state index in [4.69, 9.17) is 9.47 Å². The molecule has 3 unspecified atom stereocenters. The third-order valence-corrected chi connectivity index (χ3v) is 4.58. The zero-order valence-corrected chi connectivity index (χ0v) is 13.0. The highest BCUT2D eigenvalue weighted by Gasteiger charge is 2.43. The van der Waals surface area contributed by atoms with Crippen molar-refractivity contribution in [1.29, 1.82) is 0 Å². The summed E-state index contributed by atoms with van der Waals surface area (Å²) < 4.78 is 11.2. The molecule has 1 aromatic carbocycles. The smallest absolute Gasteiger partial charge is 0.124 e. The Morgan fingerprint density at radius 1 is 1.35 bits per heavy atom. The Balaban J connectivity index is 2.37. The lowest BCUT2D eigenvalue weighted by Gasteiger charge is -2.42. The van der Waals surface area contributed by atoms with Crippen molar-refractivity contribution < 1.29 is 14.6 Å². The topological polar surface area (TPSA) is 38.7 Å². The second kappa shape index (κ2) is 6.15. The first-order chi connectivity index (χ1) is 9.52. The standard InChI is InChI=1S/C17H26O3/c1-12-7-8-15(19-3)14(10-12)16(18)17(20-4)9-5-6-13(2)11-17/h7-8,10,13,16,18H,5-6,9,11H2,1-4H3. The number of rotatable bonds is 4. The van der Waals surface area contributed by atoms with Crippen LogP contribution in [0.1, 0.15) is 49.8 Å². The fourth-order valence-electron chi connectivity index (χ4n) is 3.44. The number of aliphatic hydroxyl groups is 1. The lowest BCUT2D eigenvalue weighted by atomic mass is 9.73. The zero-order chi connectivity index (χ0) is 14.8. The summed E-state index contributed by atoms with van der Waals surface area (Å²) in [6.07, 6.45) is 3.45. The van der Waals surface area contributed by atoms with Gasteiger partial charge in [0.2, 0.25) is 0 Å². The third-order valence-electron chi connectivity index (χ3n) is 4.58. The predicted octanol–water partition coefficient (Wildman–Crippen LogP) is 3.63. The summed E-state index contributed by atoms with van der Waals surface area (Å²) in [5.41, 5.74) is 1.47. The number of hydrogen-bond acceptors (Lipinski definition) is 3. The van der Waals surface area contributed by atoms with Gasteiger partial charge in [0, 0.05) is 12.7 Å². The first-order valence-electron chi connectivity index (χ1n) is 7.40. The quantitative estimate of drug-likeness (QED) is 0.914. The normalized spacial score (nSPS) is 28.1. The van der Waals surface area contributed by atoms with Gasteiger partial charge in [0.1, 0.15) is 11.9 Å². The molecule has 2 rings (SSSR count). The monoisotopic (exact) mass is 278 g/mol. The van der Waals surface area contributed by atoms with Gasteiger partial charge in [-0.25, -0.2) is 0 Å². The second-order valence-electron chi connectivity index (χ2n) is 6.12. The Morgan fingerprint density at radius 3 is 2.70 bits per heavy atom. The van der Waals surface area contributed by atoms with E-state index < -0.39 is 11.7 Å². The van der Waals surface area contributed by atoms with Crippen LogP contribution in [0.15, 0.2) is 18.2 Å². The molecule has 1 saturated carbocycles. The highest BCUT2D eigenvalue weighted by molar-refractivity contribution is 5.39. The summed E-state index contributed by atoms with van der Waals surface area (Å²) in [6, 6.07) is 5.92. The molecule has 1 aromatic rings. The van der Waals surface area contributed by atoms with Gasteiger partial charge in [-0.3, -0.25) is 0 Å². The van der Waals surface area contributed by atoms with Crippen molar-refractivity contribution in [3.05, 3.63) is 29.3 Å². The molecular formula is C17H26O3. The van der Waals surface area contributed by atoms with E-state index in [-0.39, 0.29) is 0 Å². The molecule has 3 nitrogen and oxygen atoms in total. The second-order valence-corrected chi connectivity index (χ2v) is 6.12. The zero-order valence-electron chi connectivity index (χ0n) is 13.0. The molecule has 1 fully saturated rings. The molecule has 1 N–H and O–H groups in total. The number of aryl methyl sites for hydroxylation is 1. The average Bonchev–Trinajstić information content (AvgIpc) is 2.46. The first-order valence-corrected chi connectivity index (χ1v) is 7.40. The van der Waals surface area contributed by atoms with Gasteiger partial charge in [-0.15, -0.1) is 0 Å². The van der Waals surface area contributed by atoms with Crippen molar-refractivity contribution in [2.45, 2.75) is 51.2 Å². The van der Waals surface area contributed by atoms with Crippen molar-refractivity contribution in [3.8, 4) is 5.75 Å². The van der Waals surface area contributed by atoms with Crippen LogP contribution < -0.4 is 4.74 Å². The van der Waals surface area contributed by atoms with Crippen LogP contribution in [-0.2, 0) is 4.74 Å². The van der Waals surface area contributed by atoms with Crippen LogP contribution in [0.25, 0.3) is 0 Å². The molecule has 0 bridgehead atoms. The van der Waals surface area contributed by atoms with Crippen LogP contribution >= 0.6 is 0 Å². The number of aliphatic hydroxyl groups excluding tert-OH is 1. The van der Waals surface area contributed by atoms with Gasteiger partial charge in [-0.05, 0) is 37.8 Å². The maximum atomic E-state index is 10.9. The van der Waals surface area contributed by atoms with Crippen molar-refractivity contribution in [2.75, 3.05) is 14.2 Å². The minimum absolute atomic E-state index is 0.487. The van der Waals surface area contributed by atoms with Crippen LogP contribution in [0.4, 0.5) is 0 Å². The highest BCUT2D eigenvalue weighted by atomic mass is 16.5. The van der Waals surface area contributed by atoms with E-state index >= 15 is 0 Å². The van der Waals surface area contributed by atoms with E-state index in [2.05, 4.69) is 6.92 Å². The van der Waals surface area contributed by atoms with Gasteiger partial charge in [0.25, 0.3) is 0 Å². The fourth-order valence-corrected chi connectivity index (χ4v) is 3.44. The molecule has 1 aliphatic carbocycles. The Labute approximate surface area is 121 Å². The number of methoxy groups -OCH3 is 2. The first kappa shape index (κ1) is 15.3. The van der Waals surface area contributed by atoms with E-state index in [1.54, 1.807) is 14.2 Å². The van der Waals surface area contributed by atoms with E-state index in [1.807, 2.05) is 25.1 Å². The van der Waals surface area contributed by atoms with Gasteiger partial charge in [-0.2, -0.15) is 0 Å². The molecule has 0 saturated heterocycles. The maximum absolute atomic E-state index is 10.9. The number of benzene rings is 1. The van der Waals surface area contributed by atoms with Crippen LogP contribution in [-0.4, -0.2) is 24.9 Å². The molecule has 3 atom stereocenters. The molecule has 0 spiro atoms. The van der Waals surface area contributed by atoms with Gasteiger partial charge < -0.3 is 14.6 Å². The van der Waals surface area contributed by atoms with Crippen LogP contribution in [0.3, 0.4) is 0 Å². The Kier molecular flexibility index (Phi) is 4.71. The van der Waals surface area contributed by atoms with Gasteiger partial charge >= 0.3 is 0 Å². The molecule has 1 aliphatic rings. The molecule has 0 heterocycles. The Morgan fingerprint density at radius 2 is 2.10 bits per heavy atom. The van der Waals surface area contributed by atoms with Gasteiger partial charge in [-0.1, -0.05) is 31.4 Å². The number of hydrogen-bond donors (Lipinski definition) is 1. The summed E-state index contributed by atoms with van der Waals surface area (Å²) in [4.78, 5) is 0. The molecule has 112 valence electrons. The van der Waals surface area contributed by atoms with E-state index in [1.165, 1.54) is 6.42 Å². The third kappa shape index (κ3) is 2.84. The molecule has 20 heavy (non-hydrogen) atoms. The van der Waals surface area contributed by atoms with Crippen molar-refractivity contribution in [2.24, 2.45) is 5.92 Å². The average molecular weight is 278 g/mol. The van der Waals surface area contributed by atoms with Crippen LogP contribution in [0.2, 0.25) is 0 Å². The molecule has 0 radical (unpaired) electrons. The summed E-state index contributed by atoms with van der Waals surface area (Å²) in [5.74, 6) is 1.31.